The number of nitriles is 1. The molecular formula is C12H8FN3. The Bertz CT molecular complexity index is 573. The van der Waals surface area contributed by atoms with Gasteiger partial charge in [-0.15, -0.1) is 0 Å². The number of hydrogen-bond donors (Lipinski definition) is 0. The van der Waals surface area contributed by atoms with Crippen molar-refractivity contribution in [3.63, 3.8) is 0 Å². The van der Waals surface area contributed by atoms with E-state index in [1.807, 2.05) is 6.07 Å². The van der Waals surface area contributed by atoms with Crippen LogP contribution in [0.15, 0.2) is 30.6 Å². The molecule has 16 heavy (non-hydrogen) atoms. The predicted octanol–water partition coefficient (Wildman–Crippen LogP) is 2.46. The molecule has 1 heterocycles. The summed E-state index contributed by atoms with van der Waals surface area (Å²) in [4.78, 5) is 7.76. The van der Waals surface area contributed by atoms with Gasteiger partial charge in [-0.1, -0.05) is 12.1 Å². The number of aryl methyl sites for hydroxylation is 1. The van der Waals surface area contributed by atoms with E-state index in [0.29, 0.717) is 16.8 Å². The van der Waals surface area contributed by atoms with Crippen molar-refractivity contribution in [2.45, 2.75) is 6.92 Å². The van der Waals surface area contributed by atoms with E-state index in [2.05, 4.69) is 9.97 Å². The summed E-state index contributed by atoms with van der Waals surface area (Å²) in [5.41, 5.74) is 2.04. The second-order valence-electron chi connectivity index (χ2n) is 3.36. The minimum atomic E-state index is -0.283. The summed E-state index contributed by atoms with van der Waals surface area (Å²) in [5, 5.41) is 8.69. The Hall–Kier alpha value is -2.28. The molecule has 0 aliphatic rings. The summed E-state index contributed by atoms with van der Waals surface area (Å²) in [7, 11) is 0. The Morgan fingerprint density at radius 2 is 2.06 bits per heavy atom. The lowest BCUT2D eigenvalue weighted by molar-refractivity contribution is 0.619. The van der Waals surface area contributed by atoms with Gasteiger partial charge in [0.2, 0.25) is 0 Å². The third kappa shape index (κ3) is 1.89. The van der Waals surface area contributed by atoms with Gasteiger partial charge in [-0.3, -0.25) is 0 Å². The van der Waals surface area contributed by atoms with Crippen molar-refractivity contribution in [3.05, 3.63) is 47.7 Å². The van der Waals surface area contributed by atoms with Crippen molar-refractivity contribution in [2.24, 2.45) is 0 Å². The predicted molar refractivity (Wildman–Crippen MR) is 56.9 cm³/mol. The Kier molecular flexibility index (Phi) is 2.61. The van der Waals surface area contributed by atoms with E-state index in [1.165, 1.54) is 18.5 Å². The molecule has 0 spiro atoms. The third-order valence-corrected chi connectivity index (χ3v) is 2.25. The van der Waals surface area contributed by atoms with Gasteiger partial charge in [-0.2, -0.15) is 5.26 Å². The summed E-state index contributed by atoms with van der Waals surface area (Å²) < 4.78 is 13.3. The molecule has 0 fully saturated rings. The van der Waals surface area contributed by atoms with E-state index in [9.17, 15) is 4.39 Å². The van der Waals surface area contributed by atoms with E-state index in [-0.39, 0.29) is 11.5 Å². The third-order valence-electron chi connectivity index (χ3n) is 2.25. The number of rotatable bonds is 1. The number of benzene rings is 1. The fourth-order valence-corrected chi connectivity index (χ4v) is 1.33. The highest BCUT2D eigenvalue weighted by Gasteiger charge is 2.04. The van der Waals surface area contributed by atoms with Crippen molar-refractivity contribution in [1.82, 2.24) is 9.97 Å². The number of nitrogens with zero attached hydrogens (tertiary/aromatic N) is 3. The second kappa shape index (κ2) is 4.07. The van der Waals surface area contributed by atoms with E-state index in [1.54, 1.807) is 19.1 Å². The average molecular weight is 213 g/mol. The van der Waals surface area contributed by atoms with Gasteiger partial charge in [0.25, 0.3) is 0 Å². The average Bonchev–Trinajstić information content (AvgIpc) is 2.33. The first-order valence-electron chi connectivity index (χ1n) is 4.69. The van der Waals surface area contributed by atoms with Crippen molar-refractivity contribution >= 4 is 0 Å². The summed E-state index contributed by atoms with van der Waals surface area (Å²) >= 11 is 0. The standard InChI is InChI=1S/C12H8FN3/c1-8-2-3-9(4-11(8)13)12-5-10(6-14)15-7-16-12/h2-5,7H,1H3. The molecule has 0 N–H and O–H groups in total. The van der Waals surface area contributed by atoms with Crippen LogP contribution in [-0.4, -0.2) is 9.97 Å². The number of halogens is 1. The summed E-state index contributed by atoms with van der Waals surface area (Å²) in [6.07, 6.45) is 1.30. The maximum atomic E-state index is 13.3. The molecule has 3 nitrogen and oxygen atoms in total. The molecule has 2 aromatic rings. The fraction of sp³-hybridized carbons (Fsp3) is 0.0833. The minimum Gasteiger partial charge on any atom is -0.236 e. The van der Waals surface area contributed by atoms with Crippen LogP contribution in [0.2, 0.25) is 0 Å². The first-order chi connectivity index (χ1) is 7.70. The summed E-state index contributed by atoms with van der Waals surface area (Å²) in [6, 6.07) is 8.30. The van der Waals surface area contributed by atoms with Crippen LogP contribution in [0.4, 0.5) is 4.39 Å². The van der Waals surface area contributed by atoms with Crippen LogP contribution in [0.1, 0.15) is 11.3 Å². The molecule has 78 valence electrons. The topological polar surface area (TPSA) is 49.6 Å². The lowest BCUT2D eigenvalue weighted by atomic mass is 10.1. The van der Waals surface area contributed by atoms with Crippen LogP contribution in [0.5, 0.6) is 0 Å². The normalized spacial score (nSPS) is 9.81. The molecule has 0 aliphatic carbocycles. The molecule has 0 atom stereocenters. The van der Waals surface area contributed by atoms with Crippen LogP contribution in [0.25, 0.3) is 11.3 Å². The summed E-state index contributed by atoms with van der Waals surface area (Å²) in [6.45, 7) is 1.69. The van der Waals surface area contributed by atoms with Crippen LogP contribution in [-0.2, 0) is 0 Å². The van der Waals surface area contributed by atoms with Crippen molar-refractivity contribution in [2.75, 3.05) is 0 Å². The highest BCUT2D eigenvalue weighted by Crippen LogP contribution is 2.19. The lowest BCUT2D eigenvalue weighted by Crippen LogP contribution is -1.90. The number of hydrogen-bond acceptors (Lipinski definition) is 3. The van der Waals surface area contributed by atoms with Gasteiger partial charge in [-0.25, -0.2) is 14.4 Å². The maximum absolute atomic E-state index is 13.3. The Labute approximate surface area is 92.2 Å². The molecular weight excluding hydrogens is 205 g/mol. The molecule has 0 saturated heterocycles. The van der Waals surface area contributed by atoms with Gasteiger partial charge in [0.1, 0.15) is 23.9 Å². The van der Waals surface area contributed by atoms with Crippen molar-refractivity contribution in [1.29, 1.82) is 5.26 Å². The quantitative estimate of drug-likeness (QED) is 0.731. The van der Waals surface area contributed by atoms with E-state index < -0.39 is 0 Å². The lowest BCUT2D eigenvalue weighted by Gasteiger charge is -2.02. The van der Waals surface area contributed by atoms with Gasteiger partial charge in [0.05, 0.1) is 5.69 Å². The molecule has 0 radical (unpaired) electrons. The van der Waals surface area contributed by atoms with E-state index >= 15 is 0 Å². The Balaban J connectivity index is 2.51. The van der Waals surface area contributed by atoms with Gasteiger partial charge < -0.3 is 0 Å². The molecule has 0 aliphatic heterocycles. The van der Waals surface area contributed by atoms with Gasteiger partial charge in [-0.05, 0) is 18.6 Å². The SMILES string of the molecule is Cc1ccc(-c2cc(C#N)ncn2)cc1F. The number of aromatic nitrogens is 2. The molecule has 0 unspecified atom stereocenters. The zero-order valence-electron chi connectivity index (χ0n) is 8.61. The molecule has 0 saturated carbocycles. The van der Waals surface area contributed by atoms with Crippen LogP contribution in [0, 0.1) is 24.1 Å². The molecule has 0 bridgehead atoms. The second-order valence-corrected chi connectivity index (χ2v) is 3.36. The monoisotopic (exact) mass is 213 g/mol. The first kappa shape index (κ1) is 10.2. The van der Waals surface area contributed by atoms with Crippen LogP contribution < -0.4 is 0 Å². The minimum absolute atomic E-state index is 0.269. The molecule has 4 heteroatoms. The van der Waals surface area contributed by atoms with Crippen LogP contribution >= 0.6 is 0 Å². The fourth-order valence-electron chi connectivity index (χ4n) is 1.33. The van der Waals surface area contributed by atoms with Gasteiger partial charge >= 0.3 is 0 Å². The van der Waals surface area contributed by atoms with Gasteiger partial charge in [0, 0.05) is 11.6 Å². The smallest absolute Gasteiger partial charge is 0.144 e. The first-order valence-corrected chi connectivity index (χ1v) is 4.69. The Morgan fingerprint density at radius 1 is 1.25 bits per heavy atom. The molecule has 0 amide bonds. The van der Waals surface area contributed by atoms with Crippen LogP contribution in [0.3, 0.4) is 0 Å². The largest absolute Gasteiger partial charge is 0.236 e. The van der Waals surface area contributed by atoms with Gasteiger partial charge in [0.15, 0.2) is 0 Å². The maximum Gasteiger partial charge on any atom is 0.144 e. The van der Waals surface area contributed by atoms with E-state index in [0.717, 1.165) is 0 Å². The highest BCUT2D eigenvalue weighted by atomic mass is 19.1. The zero-order valence-corrected chi connectivity index (χ0v) is 8.61. The van der Waals surface area contributed by atoms with E-state index in [4.69, 9.17) is 5.26 Å². The van der Waals surface area contributed by atoms with Crippen molar-refractivity contribution in [3.8, 4) is 17.3 Å². The Morgan fingerprint density at radius 3 is 2.75 bits per heavy atom. The van der Waals surface area contributed by atoms with Crippen molar-refractivity contribution < 1.29 is 4.39 Å². The molecule has 2 rings (SSSR count). The molecule has 1 aromatic carbocycles. The summed E-state index contributed by atoms with van der Waals surface area (Å²) in [5.74, 6) is -0.283. The molecule has 1 aromatic heterocycles. The highest BCUT2D eigenvalue weighted by molar-refractivity contribution is 5.60. The zero-order chi connectivity index (χ0) is 11.5.